The number of carbonyl (C=O) groups excluding carboxylic acids is 3. The predicted octanol–water partition coefficient (Wildman–Crippen LogP) is 2.82. The van der Waals surface area contributed by atoms with Gasteiger partial charge < -0.3 is 26.8 Å². The highest BCUT2D eigenvalue weighted by atomic mass is 35.5. The molecule has 6 N–H and O–H groups in total. The first-order valence-electron chi connectivity index (χ1n) is 12.2. The van der Waals surface area contributed by atoms with E-state index in [0.717, 1.165) is 17.5 Å². The molecular weight excluding hydrogens is 480 g/mol. The van der Waals surface area contributed by atoms with Crippen LogP contribution in [0.1, 0.15) is 51.2 Å². The Bertz CT molecular complexity index is 956. The molecule has 0 heterocycles. The van der Waals surface area contributed by atoms with Crippen molar-refractivity contribution in [3.8, 4) is 5.75 Å². The molecule has 198 valence electrons. The summed E-state index contributed by atoms with van der Waals surface area (Å²) >= 11 is 0. The van der Waals surface area contributed by atoms with Crippen LogP contribution in [0.25, 0.3) is 0 Å². The number of hydrogen-bond acceptors (Lipinski definition) is 5. The van der Waals surface area contributed by atoms with Gasteiger partial charge in [0.1, 0.15) is 17.8 Å². The fourth-order valence-electron chi connectivity index (χ4n) is 3.65. The predicted molar refractivity (Wildman–Crippen MR) is 144 cm³/mol. The molecule has 0 saturated heterocycles. The fraction of sp³-hybridized carbons (Fsp3) is 0.444. The van der Waals surface area contributed by atoms with E-state index < -0.39 is 29.9 Å². The van der Waals surface area contributed by atoms with Crippen molar-refractivity contribution in [3.63, 3.8) is 0 Å². The van der Waals surface area contributed by atoms with E-state index in [9.17, 15) is 19.5 Å². The molecule has 0 bridgehead atoms. The van der Waals surface area contributed by atoms with E-state index in [1.165, 1.54) is 12.1 Å². The summed E-state index contributed by atoms with van der Waals surface area (Å²) in [6, 6.07) is 13.5. The summed E-state index contributed by atoms with van der Waals surface area (Å²) < 4.78 is 0. The Labute approximate surface area is 219 Å². The van der Waals surface area contributed by atoms with Crippen LogP contribution in [0.15, 0.2) is 54.6 Å². The zero-order valence-electron chi connectivity index (χ0n) is 21.2. The number of nitrogens with one attached hydrogen (secondary N) is 3. The number of aromatic hydroxyl groups is 1. The molecule has 4 atom stereocenters. The lowest BCUT2D eigenvalue weighted by Crippen LogP contribution is -2.57. The zero-order valence-corrected chi connectivity index (χ0v) is 22.0. The molecule has 2 aromatic rings. The van der Waals surface area contributed by atoms with Crippen LogP contribution in [0, 0.1) is 5.92 Å². The summed E-state index contributed by atoms with van der Waals surface area (Å²) in [5, 5.41) is 18.1. The van der Waals surface area contributed by atoms with Crippen LogP contribution in [0.2, 0.25) is 0 Å². The Balaban J connectivity index is 0.00000648. The van der Waals surface area contributed by atoms with Crippen molar-refractivity contribution in [1.29, 1.82) is 0 Å². The molecule has 0 aliphatic heterocycles. The van der Waals surface area contributed by atoms with Crippen LogP contribution in [0.3, 0.4) is 0 Å². The molecule has 36 heavy (non-hydrogen) atoms. The number of phenolic OH excluding ortho intramolecular Hbond substituents is 1. The van der Waals surface area contributed by atoms with Crippen LogP contribution < -0.4 is 21.7 Å². The maximum absolute atomic E-state index is 13.3. The van der Waals surface area contributed by atoms with Gasteiger partial charge in [-0.25, -0.2) is 0 Å². The van der Waals surface area contributed by atoms with Gasteiger partial charge in [0.15, 0.2) is 0 Å². The van der Waals surface area contributed by atoms with Gasteiger partial charge in [0.2, 0.25) is 17.7 Å². The van der Waals surface area contributed by atoms with Gasteiger partial charge in [0, 0.05) is 13.0 Å². The summed E-state index contributed by atoms with van der Waals surface area (Å²) in [6.45, 7) is 6.13. The van der Waals surface area contributed by atoms with E-state index in [1.54, 1.807) is 12.1 Å². The van der Waals surface area contributed by atoms with Crippen molar-refractivity contribution in [2.75, 3.05) is 0 Å². The van der Waals surface area contributed by atoms with Gasteiger partial charge in [-0.3, -0.25) is 14.4 Å². The lowest BCUT2D eigenvalue weighted by atomic mass is 9.97. The highest BCUT2D eigenvalue weighted by molar-refractivity contribution is 5.93. The number of halogens is 1. The average Bonchev–Trinajstić information content (AvgIpc) is 2.86. The lowest BCUT2D eigenvalue weighted by molar-refractivity contribution is -0.133. The molecule has 0 spiro atoms. The van der Waals surface area contributed by atoms with Gasteiger partial charge in [-0.15, -0.1) is 12.4 Å². The molecular formula is C27H39ClN4O4. The SMILES string of the molecule is CCC[C@H](N)C(=O)N[C@@H](Cc1ccc(O)cc1)C(=O)N[C@H](C(=O)NCc1ccccc1)C(C)CC.Cl. The van der Waals surface area contributed by atoms with Crippen LogP contribution in [-0.2, 0) is 27.3 Å². The second kappa shape index (κ2) is 15.8. The smallest absolute Gasteiger partial charge is 0.243 e. The number of amides is 3. The van der Waals surface area contributed by atoms with Crippen LogP contribution in [0.5, 0.6) is 5.75 Å². The van der Waals surface area contributed by atoms with E-state index in [2.05, 4.69) is 16.0 Å². The first-order chi connectivity index (χ1) is 16.7. The van der Waals surface area contributed by atoms with Gasteiger partial charge >= 0.3 is 0 Å². The largest absolute Gasteiger partial charge is 0.508 e. The molecule has 2 aromatic carbocycles. The average molecular weight is 519 g/mol. The minimum atomic E-state index is -0.927. The minimum Gasteiger partial charge on any atom is -0.508 e. The molecule has 0 fully saturated rings. The number of phenols is 1. The second-order valence-corrected chi connectivity index (χ2v) is 8.90. The topological polar surface area (TPSA) is 134 Å². The Hall–Kier alpha value is -3.10. The number of rotatable bonds is 13. The van der Waals surface area contributed by atoms with Crippen molar-refractivity contribution in [3.05, 3.63) is 65.7 Å². The Morgan fingerprint density at radius 1 is 0.889 bits per heavy atom. The Morgan fingerprint density at radius 3 is 2.11 bits per heavy atom. The van der Waals surface area contributed by atoms with Crippen molar-refractivity contribution < 1.29 is 19.5 Å². The summed E-state index contributed by atoms with van der Waals surface area (Å²) in [7, 11) is 0. The van der Waals surface area contributed by atoms with Gasteiger partial charge in [-0.05, 0) is 35.6 Å². The second-order valence-electron chi connectivity index (χ2n) is 8.90. The summed E-state index contributed by atoms with van der Waals surface area (Å²) in [5.74, 6) is -1.18. The van der Waals surface area contributed by atoms with Crippen LogP contribution in [-0.4, -0.2) is 41.0 Å². The third kappa shape index (κ3) is 9.87. The highest BCUT2D eigenvalue weighted by Gasteiger charge is 2.30. The molecule has 1 unspecified atom stereocenters. The molecule has 2 rings (SSSR count). The summed E-state index contributed by atoms with van der Waals surface area (Å²) in [4.78, 5) is 39.0. The van der Waals surface area contributed by atoms with E-state index in [0.29, 0.717) is 19.4 Å². The van der Waals surface area contributed by atoms with Crippen LogP contribution >= 0.6 is 12.4 Å². The van der Waals surface area contributed by atoms with Crippen LogP contribution in [0.4, 0.5) is 0 Å². The minimum absolute atomic E-state index is 0. The van der Waals surface area contributed by atoms with Crippen molar-refractivity contribution >= 4 is 30.1 Å². The number of benzene rings is 2. The first kappa shape index (κ1) is 30.9. The van der Waals surface area contributed by atoms with E-state index in [-0.39, 0.29) is 36.4 Å². The number of nitrogens with two attached hydrogens (primary N) is 1. The number of hydrogen-bond donors (Lipinski definition) is 5. The van der Waals surface area contributed by atoms with Crippen molar-refractivity contribution in [1.82, 2.24) is 16.0 Å². The van der Waals surface area contributed by atoms with Gasteiger partial charge in [-0.1, -0.05) is 76.1 Å². The van der Waals surface area contributed by atoms with Gasteiger partial charge in [0.05, 0.1) is 6.04 Å². The quantitative estimate of drug-likeness (QED) is 0.278. The molecule has 0 radical (unpaired) electrons. The Kier molecular flexibility index (Phi) is 13.6. The normalized spacial score (nSPS) is 13.9. The number of carbonyl (C=O) groups is 3. The first-order valence-corrected chi connectivity index (χ1v) is 12.2. The monoisotopic (exact) mass is 518 g/mol. The molecule has 0 aliphatic carbocycles. The van der Waals surface area contributed by atoms with Gasteiger partial charge in [0.25, 0.3) is 0 Å². The van der Waals surface area contributed by atoms with Crippen molar-refractivity contribution in [2.24, 2.45) is 11.7 Å². The van der Waals surface area contributed by atoms with E-state index >= 15 is 0 Å². The molecule has 0 aliphatic rings. The highest BCUT2D eigenvalue weighted by Crippen LogP contribution is 2.13. The molecule has 0 aromatic heterocycles. The maximum atomic E-state index is 13.3. The van der Waals surface area contributed by atoms with E-state index in [4.69, 9.17) is 5.73 Å². The lowest BCUT2D eigenvalue weighted by Gasteiger charge is -2.27. The van der Waals surface area contributed by atoms with Gasteiger partial charge in [-0.2, -0.15) is 0 Å². The molecule has 0 saturated carbocycles. The summed E-state index contributed by atoms with van der Waals surface area (Å²) in [6.07, 6.45) is 2.10. The molecule has 9 heteroatoms. The summed E-state index contributed by atoms with van der Waals surface area (Å²) in [5.41, 5.74) is 7.67. The third-order valence-electron chi connectivity index (χ3n) is 6.05. The van der Waals surface area contributed by atoms with Crippen molar-refractivity contribution in [2.45, 2.75) is 71.1 Å². The van der Waals surface area contributed by atoms with E-state index in [1.807, 2.05) is 51.1 Å². The molecule has 8 nitrogen and oxygen atoms in total. The standard InChI is InChI=1S/C27H38N4O4.ClH/c1-4-9-22(28)25(33)30-23(16-19-12-14-21(32)15-13-19)26(34)31-24(18(3)5-2)27(35)29-17-20-10-7-6-8-11-20;/h6-8,10-15,18,22-24,32H,4-5,9,16-17,28H2,1-3H3,(H,29,35)(H,30,33)(H,31,34);1H/t18?,22-,23-,24-;/m0./s1. The fourth-order valence-corrected chi connectivity index (χ4v) is 3.65. The Morgan fingerprint density at radius 2 is 1.53 bits per heavy atom. The molecule has 3 amide bonds. The zero-order chi connectivity index (χ0) is 25.8. The third-order valence-corrected chi connectivity index (χ3v) is 6.05. The maximum Gasteiger partial charge on any atom is 0.243 e.